The van der Waals surface area contributed by atoms with Crippen LogP contribution in [0.4, 0.5) is 0 Å². The van der Waals surface area contributed by atoms with Crippen LogP contribution in [0.2, 0.25) is 5.02 Å². The summed E-state index contributed by atoms with van der Waals surface area (Å²) in [5.74, 6) is 0.788. The lowest BCUT2D eigenvalue weighted by Gasteiger charge is -2.26. The Bertz CT molecular complexity index is 630. The molecule has 0 spiro atoms. The number of ether oxygens (including phenoxy) is 1. The van der Waals surface area contributed by atoms with Crippen LogP contribution in [0.25, 0.3) is 11.5 Å². The molecule has 1 aromatic carbocycles. The summed E-state index contributed by atoms with van der Waals surface area (Å²) in [7, 11) is 0. The van der Waals surface area contributed by atoms with Gasteiger partial charge in [-0.05, 0) is 47.3 Å². The standard InChI is InChI=1S/C14H15BrClN3O2/c15-10-6-2-5-9(12(10)16)14-18-13(19-21-14)11(17)7-20-8-3-1-4-8/h2,5-6,8,11H,1,3-4,7,17H2. The second-order valence-corrected chi connectivity index (χ2v) is 6.28. The molecular weight excluding hydrogens is 358 g/mol. The highest BCUT2D eigenvalue weighted by Gasteiger charge is 2.22. The molecule has 0 bridgehead atoms. The molecule has 1 aromatic heterocycles. The Morgan fingerprint density at radius 3 is 3.00 bits per heavy atom. The van der Waals surface area contributed by atoms with E-state index in [1.165, 1.54) is 6.42 Å². The van der Waals surface area contributed by atoms with Crippen molar-refractivity contribution in [2.45, 2.75) is 31.4 Å². The first-order valence-corrected chi connectivity index (χ1v) is 7.97. The van der Waals surface area contributed by atoms with Gasteiger partial charge in [0, 0.05) is 4.47 Å². The number of rotatable bonds is 5. The van der Waals surface area contributed by atoms with Crippen molar-refractivity contribution in [2.75, 3.05) is 6.61 Å². The van der Waals surface area contributed by atoms with E-state index < -0.39 is 6.04 Å². The largest absolute Gasteiger partial charge is 0.376 e. The fraction of sp³-hybridized carbons (Fsp3) is 0.429. The second-order valence-electron chi connectivity index (χ2n) is 5.05. The molecule has 0 amide bonds. The summed E-state index contributed by atoms with van der Waals surface area (Å²) in [6.45, 7) is 0.399. The Labute approximate surface area is 135 Å². The van der Waals surface area contributed by atoms with E-state index >= 15 is 0 Å². The molecule has 1 atom stereocenters. The van der Waals surface area contributed by atoms with Crippen LogP contribution in [0.5, 0.6) is 0 Å². The highest BCUT2D eigenvalue weighted by atomic mass is 79.9. The van der Waals surface area contributed by atoms with Crippen molar-refractivity contribution in [1.29, 1.82) is 0 Å². The third kappa shape index (κ3) is 3.29. The molecular formula is C14H15BrClN3O2. The number of nitrogens with two attached hydrogens (primary N) is 1. The normalized spacial score (nSPS) is 16.7. The number of hydrogen-bond acceptors (Lipinski definition) is 5. The Morgan fingerprint density at radius 1 is 1.48 bits per heavy atom. The van der Waals surface area contributed by atoms with Crippen LogP contribution < -0.4 is 5.73 Å². The van der Waals surface area contributed by atoms with Crippen LogP contribution in [0.3, 0.4) is 0 Å². The molecule has 112 valence electrons. The molecule has 2 N–H and O–H groups in total. The molecule has 1 aliphatic rings. The van der Waals surface area contributed by atoms with Crippen LogP contribution in [0.1, 0.15) is 31.1 Å². The molecule has 1 saturated carbocycles. The van der Waals surface area contributed by atoms with Crippen LogP contribution >= 0.6 is 27.5 Å². The lowest BCUT2D eigenvalue weighted by molar-refractivity contribution is -0.00549. The van der Waals surface area contributed by atoms with Gasteiger partial charge in [-0.1, -0.05) is 22.8 Å². The summed E-state index contributed by atoms with van der Waals surface area (Å²) in [4.78, 5) is 4.32. The molecule has 1 unspecified atom stereocenters. The molecule has 0 saturated heterocycles. The molecule has 7 heteroatoms. The second kappa shape index (κ2) is 6.44. The SMILES string of the molecule is NC(COC1CCC1)c1noc(-c2cccc(Br)c2Cl)n1. The molecule has 21 heavy (non-hydrogen) atoms. The molecule has 3 rings (SSSR count). The zero-order valence-electron chi connectivity index (χ0n) is 11.3. The van der Waals surface area contributed by atoms with E-state index in [9.17, 15) is 0 Å². The quantitative estimate of drug-likeness (QED) is 0.866. The first kappa shape index (κ1) is 15.0. The molecule has 2 aromatic rings. The van der Waals surface area contributed by atoms with Gasteiger partial charge in [0.05, 0.1) is 29.3 Å². The maximum absolute atomic E-state index is 6.22. The maximum Gasteiger partial charge on any atom is 0.259 e. The highest BCUT2D eigenvalue weighted by Crippen LogP contribution is 2.33. The van der Waals surface area contributed by atoms with Gasteiger partial charge in [-0.2, -0.15) is 4.98 Å². The van der Waals surface area contributed by atoms with Gasteiger partial charge < -0.3 is 15.0 Å². The Morgan fingerprint density at radius 2 is 2.29 bits per heavy atom. The third-order valence-corrected chi connectivity index (χ3v) is 4.82. The maximum atomic E-state index is 6.22. The lowest BCUT2D eigenvalue weighted by Crippen LogP contribution is -2.27. The summed E-state index contributed by atoms with van der Waals surface area (Å²) >= 11 is 9.58. The monoisotopic (exact) mass is 371 g/mol. The van der Waals surface area contributed by atoms with Gasteiger partial charge >= 0.3 is 0 Å². The molecule has 5 nitrogen and oxygen atoms in total. The van der Waals surface area contributed by atoms with Crippen LogP contribution in [-0.4, -0.2) is 22.9 Å². The van der Waals surface area contributed by atoms with Crippen molar-refractivity contribution in [1.82, 2.24) is 10.1 Å². The van der Waals surface area contributed by atoms with Crippen molar-refractivity contribution < 1.29 is 9.26 Å². The highest BCUT2D eigenvalue weighted by molar-refractivity contribution is 9.10. The fourth-order valence-corrected chi connectivity index (χ4v) is 2.59. The predicted molar refractivity (Wildman–Crippen MR) is 83.0 cm³/mol. The Hall–Kier alpha value is -0.950. The summed E-state index contributed by atoms with van der Waals surface area (Å²) in [5, 5.41) is 4.45. The average molecular weight is 373 g/mol. The van der Waals surface area contributed by atoms with Crippen molar-refractivity contribution in [2.24, 2.45) is 5.73 Å². The van der Waals surface area contributed by atoms with Crippen molar-refractivity contribution in [3.05, 3.63) is 33.5 Å². The minimum absolute atomic E-state index is 0.335. The zero-order chi connectivity index (χ0) is 14.8. The number of nitrogens with zero attached hydrogens (tertiary/aromatic N) is 2. The Kier molecular flexibility index (Phi) is 4.59. The van der Waals surface area contributed by atoms with E-state index in [1.54, 1.807) is 0 Å². The van der Waals surface area contributed by atoms with Gasteiger partial charge in [0.1, 0.15) is 0 Å². The smallest absolute Gasteiger partial charge is 0.259 e. The fourth-order valence-electron chi connectivity index (χ4n) is 2.02. The van der Waals surface area contributed by atoms with Gasteiger partial charge in [-0.15, -0.1) is 0 Å². The van der Waals surface area contributed by atoms with E-state index in [2.05, 4.69) is 26.1 Å². The first-order chi connectivity index (χ1) is 10.1. The first-order valence-electron chi connectivity index (χ1n) is 6.80. The lowest BCUT2D eigenvalue weighted by atomic mass is 9.96. The summed E-state index contributed by atoms with van der Waals surface area (Å²) in [5.41, 5.74) is 6.71. The minimum Gasteiger partial charge on any atom is -0.376 e. The number of benzene rings is 1. The summed E-state index contributed by atoms with van der Waals surface area (Å²) in [6, 6.07) is 5.13. The number of hydrogen-bond donors (Lipinski definition) is 1. The number of aromatic nitrogens is 2. The van der Waals surface area contributed by atoms with Crippen LogP contribution in [0.15, 0.2) is 27.2 Å². The molecule has 0 radical (unpaired) electrons. The average Bonchev–Trinajstić information content (AvgIpc) is 2.89. The summed E-state index contributed by atoms with van der Waals surface area (Å²) < 4.78 is 11.7. The topological polar surface area (TPSA) is 74.2 Å². The van der Waals surface area contributed by atoms with Crippen molar-refractivity contribution in [3.63, 3.8) is 0 Å². The van der Waals surface area contributed by atoms with Gasteiger partial charge in [0.25, 0.3) is 5.89 Å². The molecule has 1 aliphatic carbocycles. The third-order valence-electron chi connectivity index (χ3n) is 3.52. The van der Waals surface area contributed by atoms with Gasteiger partial charge in [0.2, 0.25) is 0 Å². The Balaban J connectivity index is 1.71. The van der Waals surface area contributed by atoms with Crippen LogP contribution in [0, 0.1) is 0 Å². The van der Waals surface area contributed by atoms with E-state index in [4.69, 9.17) is 26.6 Å². The van der Waals surface area contributed by atoms with E-state index in [-0.39, 0.29) is 0 Å². The van der Waals surface area contributed by atoms with Crippen molar-refractivity contribution >= 4 is 27.5 Å². The molecule has 0 aliphatic heterocycles. The van der Waals surface area contributed by atoms with Gasteiger partial charge in [-0.3, -0.25) is 0 Å². The van der Waals surface area contributed by atoms with Crippen molar-refractivity contribution in [3.8, 4) is 11.5 Å². The molecule has 1 fully saturated rings. The van der Waals surface area contributed by atoms with E-state index in [0.717, 1.165) is 17.3 Å². The minimum atomic E-state index is -0.394. The van der Waals surface area contributed by atoms with E-state index in [0.29, 0.717) is 35.0 Å². The number of halogens is 2. The van der Waals surface area contributed by atoms with E-state index in [1.807, 2.05) is 18.2 Å². The molecule has 1 heterocycles. The predicted octanol–water partition coefficient (Wildman–Crippen LogP) is 3.72. The van der Waals surface area contributed by atoms with Gasteiger partial charge in [0.15, 0.2) is 5.82 Å². The van der Waals surface area contributed by atoms with Crippen LogP contribution in [-0.2, 0) is 4.74 Å². The van der Waals surface area contributed by atoms with Gasteiger partial charge in [-0.25, -0.2) is 0 Å². The zero-order valence-corrected chi connectivity index (χ0v) is 13.6. The summed E-state index contributed by atoms with van der Waals surface area (Å²) in [6.07, 6.45) is 3.78.